The SMILES string of the molecule is Cn1ccnc1C(=O)[C@H]1CCCN(C(=O)c2cn(C3CCCCCC3)nn2)C1. The van der Waals surface area contributed by atoms with E-state index in [1.165, 1.54) is 25.7 Å². The van der Waals surface area contributed by atoms with Crippen LogP contribution in [0.15, 0.2) is 18.6 Å². The lowest BCUT2D eigenvalue weighted by Crippen LogP contribution is -2.42. The van der Waals surface area contributed by atoms with Crippen LogP contribution in [0.2, 0.25) is 0 Å². The number of carbonyl (C=O) groups excluding carboxylic acids is 2. The molecule has 2 aromatic rings. The van der Waals surface area contributed by atoms with Crippen molar-refractivity contribution < 1.29 is 9.59 Å². The minimum atomic E-state index is -0.212. The first kappa shape index (κ1) is 18.8. The van der Waals surface area contributed by atoms with Gasteiger partial charge in [0.25, 0.3) is 5.91 Å². The number of piperidine rings is 1. The van der Waals surface area contributed by atoms with Gasteiger partial charge in [-0.15, -0.1) is 5.10 Å². The van der Waals surface area contributed by atoms with Gasteiger partial charge >= 0.3 is 0 Å². The first-order chi connectivity index (χ1) is 13.6. The van der Waals surface area contributed by atoms with Crippen molar-refractivity contribution in [1.29, 1.82) is 0 Å². The highest BCUT2D eigenvalue weighted by Crippen LogP contribution is 2.27. The fourth-order valence-corrected chi connectivity index (χ4v) is 4.40. The van der Waals surface area contributed by atoms with E-state index in [0.717, 1.165) is 25.7 Å². The molecule has 0 bridgehead atoms. The van der Waals surface area contributed by atoms with Crippen LogP contribution in [-0.4, -0.2) is 54.2 Å². The van der Waals surface area contributed by atoms with Crippen molar-refractivity contribution in [2.45, 2.75) is 57.4 Å². The zero-order chi connectivity index (χ0) is 19.5. The highest BCUT2D eigenvalue weighted by Gasteiger charge is 2.32. The number of imidazole rings is 1. The topological polar surface area (TPSA) is 85.9 Å². The number of Topliss-reactive ketones (excluding diaryl/α,β-unsaturated/α-hetero) is 1. The Labute approximate surface area is 164 Å². The molecule has 0 aromatic carbocycles. The van der Waals surface area contributed by atoms with E-state index in [2.05, 4.69) is 15.3 Å². The van der Waals surface area contributed by atoms with Crippen LogP contribution in [0.4, 0.5) is 0 Å². The lowest BCUT2D eigenvalue weighted by molar-refractivity contribution is 0.0628. The van der Waals surface area contributed by atoms with E-state index in [4.69, 9.17) is 0 Å². The van der Waals surface area contributed by atoms with Crippen molar-refractivity contribution in [1.82, 2.24) is 29.4 Å². The van der Waals surface area contributed by atoms with Crippen LogP contribution in [0, 0.1) is 5.92 Å². The molecule has 0 unspecified atom stereocenters. The Morgan fingerprint density at radius 2 is 1.86 bits per heavy atom. The summed E-state index contributed by atoms with van der Waals surface area (Å²) in [5, 5.41) is 8.39. The molecule has 4 rings (SSSR count). The van der Waals surface area contributed by atoms with Gasteiger partial charge in [0.15, 0.2) is 11.5 Å². The molecule has 2 fully saturated rings. The number of hydrogen-bond acceptors (Lipinski definition) is 5. The molecule has 1 aliphatic heterocycles. The number of nitrogens with zero attached hydrogens (tertiary/aromatic N) is 6. The third-order valence-corrected chi connectivity index (χ3v) is 6.05. The van der Waals surface area contributed by atoms with Crippen molar-refractivity contribution in [2.24, 2.45) is 13.0 Å². The molecule has 3 heterocycles. The Morgan fingerprint density at radius 3 is 2.57 bits per heavy atom. The van der Waals surface area contributed by atoms with Crippen LogP contribution < -0.4 is 0 Å². The Balaban J connectivity index is 1.43. The lowest BCUT2D eigenvalue weighted by atomic mass is 9.93. The molecule has 2 aliphatic rings. The Morgan fingerprint density at radius 1 is 1.07 bits per heavy atom. The largest absolute Gasteiger partial charge is 0.336 e. The van der Waals surface area contributed by atoms with E-state index in [0.29, 0.717) is 30.6 Å². The quantitative estimate of drug-likeness (QED) is 0.597. The van der Waals surface area contributed by atoms with Crippen LogP contribution >= 0.6 is 0 Å². The third-order valence-electron chi connectivity index (χ3n) is 6.05. The van der Waals surface area contributed by atoms with E-state index in [9.17, 15) is 9.59 Å². The summed E-state index contributed by atoms with van der Waals surface area (Å²) in [6, 6.07) is 0.343. The van der Waals surface area contributed by atoms with Gasteiger partial charge in [0, 0.05) is 38.4 Å². The third kappa shape index (κ3) is 3.86. The smallest absolute Gasteiger partial charge is 0.276 e. The molecule has 1 aliphatic carbocycles. The molecule has 1 amide bonds. The maximum atomic E-state index is 13.0. The maximum Gasteiger partial charge on any atom is 0.276 e. The maximum absolute atomic E-state index is 13.0. The zero-order valence-electron chi connectivity index (χ0n) is 16.5. The predicted molar refractivity (Wildman–Crippen MR) is 103 cm³/mol. The van der Waals surface area contributed by atoms with Crippen LogP contribution in [0.3, 0.4) is 0 Å². The van der Waals surface area contributed by atoms with Crippen molar-refractivity contribution in [2.75, 3.05) is 13.1 Å². The van der Waals surface area contributed by atoms with Crippen LogP contribution in [0.1, 0.15) is 78.5 Å². The molecule has 0 spiro atoms. The van der Waals surface area contributed by atoms with Crippen molar-refractivity contribution in [3.63, 3.8) is 0 Å². The van der Waals surface area contributed by atoms with Crippen LogP contribution in [0.25, 0.3) is 0 Å². The average molecular weight is 384 g/mol. The molecule has 8 heteroatoms. The van der Waals surface area contributed by atoms with Crippen molar-refractivity contribution in [3.05, 3.63) is 30.1 Å². The molecule has 1 atom stereocenters. The Bertz CT molecular complexity index is 833. The fourth-order valence-electron chi connectivity index (χ4n) is 4.40. The van der Waals surface area contributed by atoms with Gasteiger partial charge < -0.3 is 9.47 Å². The normalized spacial score (nSPS) is 21.5. The molecular weight excluding hydrogens is 356 g/mol. The van der Waals surface area contributed by atoms with Gasteiger partial charge in [0.1, 0.15) is 0 Å². The Hall–Kier alpha value is -2.51. The van der Waals surface area contributed by atoms with Crippen molar-refractivity contribution >= 4 is 11.7 Å². The predicted octanol–water partition coefficient (Wildman–Crippen LogP) is 2.64. The van der Waals surface area contributed by atoms with E-state index in [-0.39, 0.29) is 17.6 Å². The number of hydrogen-bond donors (Lipinski definition) is 0. The second-order valence-electron chi connectivity index (χ2n) is 8.05. The van der Waals surface area contributed by atoms with Gasteiger partial charge in [-0.25, -0.2) is 9.67 Å². The van der Waals surface area contributed by atoms with E-state index < -0.39 is 0 Å². The summed E-state index contributed by atoms with van der Waals surface area (Å²) in [7, 11) is 1.82. The first-order valence-corrected chi connectivity index (χ1v) is 10.4. The zero-order valence-corrected chi connectivity index (χ0v) is 16.5. The summed E-state index contributed by atoms with van der Waals surface area (Å²) in [6.07, 6.45) is 13.9. The fraction of sp³-hybridized carbons (Fsp3) is 0.650. The second kappa shape index (κ2) is 8.24. The highest BCUT2D eigenvalue weighted by atomic mass is 16.2. The molecule has 2 aromatic heterocycles. The van der Waals surface area contributed by atoms with Gasteiger partial charge in [-0.2, -0.15) is 0 Å². The first-order valence-electron chi connectivity index (χ1n) is 10.4. The molecular formula is C20H28N6O2. The number of aryl methyl sites for hydroxylation is 1. The van der Waals surface area contributed by atoms with E-state index in [1.807, 2.05) is 11.7 Å². The van der Waals surface area contributed by atoms with E-state index in [1.54, 1.807) is 28.1 Å². The molecule has 0 radical (unpaired) electrons. The van der Waals surface area contributed by atoms with Crippen LogP contribution in [0.5, 0.6) is 0 Å². The monoisotopic (exact) mass is 384 g/mol. The second-order valence-corrected chi connectivity index (χ2v) is 8.05. The average Bonchev–Trinajstić information content (AvgIpc) is 3.29. The molecule has 1 saturated heterocycles. The number of aromatic nitrogens is 5. The molecule has 0 N–H and O–H groups in total. The molecule has 8 nitrogen and oxygen atoms in total. The summed E-state index contributed by atoms with van der Waals surface area (Å²) in [6.45, 7) is 1.07. The molecule has 28 heavy (non-hydrogen) atoms. The number of ketones is 1. The summed E-state index contributed by atoms with van der Waals surface area (Å²) < 4.78 is 3.61. The summed E-state index contributed by atoms with van der Waals surface area (Å²) >= 11 is 0. The standard InChI is InChI=1S/C20H28N6O2/c1-24-12-10-21-19(24)18(27)15-7-6-11-25(13-15)20(28)17-14-26(23-22-17)16-8-4-2-3-5-9-16/h10,12,14-16H,2-9,11,13H2,1H3/t15-/m0/s1. The van der Waals surface area contributed by atoms with Gasteiger partial charge in [0.05, 0.1) is 12.2 Å². The van der Waals surface area contributed by atoms with Gasteiger partial charge in [-0.05, 0) is 25.7 Å². The van der Waals surface area contributed by atoms with Gasteiger partial charge in [-0.3, -0.25) is 9.59 Å². The van der Waals surface area contributed by atoms with Crippen LogP contribution in [-0.2, 0) is 7.05 Å². The van der Waals surface area contributed by atoms with Crippen molar-refractivity contribution in [3.8, 4) is 0 Å². The van der Waals surface area contributed by atoms with Gasteiger partial charge in [-0.1, -0.05) is 30.9 Å². The summed E-state index contributed by atoms with van der Waals surface area (Å²) in [4.78, 5) is 31.7. The minimum absolute atomic E-state index is 0.00658. The number of rotatable bonds is 4. The minimum Gasteiger partial charge on any atom is -0.336 e. The summed E-state index contributed by atoms with van der Waals surface area (Å²) in [5.74, 6) is 0.124. The number of carbonyl (C=O) groups is 2. The number of amides is 1. The van der Waals surface area contributed by atoms with E-state index >= 15 is 0 Å². The lowest BCUT2D eigenvalue weighted by Gasteiger charge is -2.31. The molecule has 1 saturated carbocycles. The highest BCUT2D eigenvalue weighted by molar-refractivity contribution is 5.96. The summed E-state index contributed by atoms with van der Waals surface area (Å²) in [5.41, 5.74) is 0.384. The molecule has 150 valence electrons. The Kier molecular flexibility index (Phi) is 5.54. The van der Waals surface area contributed by atoms with Gasteiger partial charge in [0.2, 0.25) is 5.78 Å². The number of likely N-dealkylation sites (tertiary alicyclic amines) is 1.